The lowest BCUT2D eigenvalue weighted by Crippen LogP contribution is -2.38. The lowest BCUT2D eigenvalue weighted by molar-refractivity contribution is 0.518. The predicted octanol–water partition coefficient (Wildman–Crippen LogP) is 3.97. The fraction of sp³-hybridized carbons (Fsp3) is 0.625. The fourth-order valence-electron chi connectivity index (χ4n) is 2.98. The largest absolute Gasteiger partial charge is 0.365 e. The Morgan fingerprint density at radius 3 is 2.74 bits per heavy atom. The third-order valence-electron chi connectivity index (χ3n) is 4.38. The molecule has 1 N–H and O–H groups in total. The molecule has 1 aliphatic carbocycles. The lowest BCUT2D eigenvalue weighted by Gasteiger charge is -2.34. The first-order valence-corrected chi connectivity index (χ1v) is 7.73. The Morgan fingerprint density at radius 2 is 2.16 bits per heavy atom. The van der Waals surface area contributed by atoms with E-state index >= 15 is 0 Å². The summed E-state index contributed by atoms with van der Waals surface area (Å²) in [6.07, 6.45) is 5.16. The maximum atomic E-state index is 6.50. The summed E-state index contributed by atoms with van der Waals surface area (Å²) < 4.78 is 0. The molecule has 0 amide bonds. The number of nitrogens with zero attached hydrogens (tertiary/aromatic N) is 1. The van der Waals surface area contributed by atoms with Crippen LogP contribution in [0, 0.1) is 0 Å². The highest BCUT2D eigenvalue weighted by molar-refractivity contribution is 6.33. The molecule has 1 aliphatic heterocycles. The monoisotopic (exact) mass is 278 g/mol. The van der Waals surface area contributed by atoms with Crippen LogP contribution in [0.2, 0.25) is 5.02 Å². The molecule has 2 fully saturated rings. The van der Waals surface area contributed by atoms with Crippen molar-refractivity contribution in [3.8, 4) is 0 Å². The van der Waals surface area contributed by atoms with Gasteiger partial charge >= 0.3 is 0 Å². The molecule has 104 valence electrons. The van der Waals surface area contributed by atoms with E-state index in [-0.39, 0.29) is 5.54 Å². The smallest absolute Gasteiger partial charge is 0.0642 e. The molecule has 0 radical (unpaired) electrons. The van der Waals surface area contributed by atoms with Gasteiger partial charge in [-0.25, -0.2) is 0 Å². The van der Waals surface area contributed by atoms with Crippen molar-refractivity contribution in [3.05, 3.63) is 28.8 Å². The zero-order valence-electron chi connectivity index (χ0n) is 11.9. The van der Waals surface area contributed by atoms with E-state index in [0.717, 1.165) is 24.2 Å². The van der Waals surface area contributed by atoms with Crippen LogP contribution in [-0.2, 0) is 6.54 Å². The first-order valence-electron chi connectivity index (χ1n) is 7.36. The minimum Gasteiger partial charge on any atom is -0.365 e. The third-order valence-corrected chi connectivity index (χ3v) is 4.68. The molecular weight excluding hydrogens is 256 g/mol. The van der Waals surface area contributed by atoms with Crippen LogP contribution >= 0.6 is 11.6 Å². The van der Waals surface area contributed by atoms with Gasteiger partial charge in [0.1, 0.15) is 0 Å². The summed E-state index contributed by atoms with van der Waals surface area (Å²) >= 11 is 6.50. The number of anilines is 1. The van der Waals surface area contributed by atoms with Gasteiger partial charge in [0.15, 0.2) is 0 Å². The molecule has 3 rings (SSSR count). The van der Waals surface area contributed by atoms with Crippen LogP contribution in [0.15, 0.2) is 18.2 Å². The summed E-state index contributed by atoms with van der Waals surface area (Å²) in [4.78, 5) is 2.45. The van der Waals surface area contributed by atoms with Gasteiger partial charge in [0.05, 0.1) is 10.7 Å². The van der Waals surface area contributed by atoms with Crippen molar-refractivity contribution in [1.29, 1.82) is 0 Å². The van der Waals surface area contributed by atoms with Crippen molar-refractivity contribution in [2.45, 2.75) is 57.7 Å². The third kappa shape index (κ3) is 2.90. The first-order chi connectivity index (χ1) is 9.06. The van der Waals surface area contributed by atoms with E-state index in [0.29, 0.717) is 0 Å². The summed E-state index contributed by atoms with van der Waals surface area (Å²) in [7, 11) is 0. The second-order valence-electron chi connectivity index (χ2n) is 6.51. The normalized spacial score (nSPS) is 21.9. The first kappa shape index (κ1) is 13.3. The Hall–Kier alpha value is -0.730. The molecule has 2 aliphatic rings. The molecule has 1 aromatic rings. The standard InChI is InChI=1S/C16H23ClN2/c1-16(2)8-3-9-19(16)15-7-4-12(10-14(15)17)11-18-13-5-6-13/h4,7,10,13,18H,3,5-6,8-9,11H2,1-2H3. The Labute approximate surface area is 121 Å². The van der Waals surface area contributed by atoms with E-state index in [2.05, 4.69) is 42.3 Å². The Bertz CT molecular complexity index is 466. The van der Waals surface area contributed by atoms with Crippen molar-refractivity contribution in [3.63, 3.8) is 0 Å². The van der Waals surface area contributed by atoms with Crippen LogP contribution in [0.25, 0.3) is 0 Å². The minimum atomic E-state index is 0.234. The minimum absolute atomic E-state index is 0.234. The zero-order chi connectivity index (χ0) is 13.5. The van der Waals surface area contributed by atoms with Gasteiger partial charge in [-0.05, 0) is 57.2 Å². The molecule has 0 unspecified atom stereocenters. The van der Waals surface area contributed by atoms with Gasteiger partial charge in [0.25, 0.3) is 0 Å². The maximum Gasteiger partial charge on any atom is 0.0642 e. The molecule has 1 heterocycles. The number of benzene rings is 1. The van der Waals surface area contributed by atoms with Crippen LogP contribution < -0.4 is 10.2 Å². The number of rotatable bonds is 4. The Balaban J connectivity index is 1.75. The fourth-order valence-corrected chi connectivity index (χ4v) is 3.29. The number of halogens is 1. The van der Waals surface area contributed by atoms with E-state index < -0.39 is 0 Å². The van der Waals surface area contributed by atoms with Crippen molar-refractivity contribution >= 4 is 17.3 Å². The van der Waals surface area contributed by atoms with Crippen molar-refractivity contribution in [2.24, 2.45) is 0 Å². The van der Waals surface area contributed by atoms with Crippen molar-refractivity contribution in [1.82, 2.24) is 5.32 Å². The molecule has 0 aromatic heterocycles. The average molecular weight is 279 g/mol. The highest BCUT2D eigenvalue weighted by Gasteiger charge is 2.32. The van der Waals surface area contributed by atoms with Gasteiger partial charge in [-0.3, -0.25) is 0 Å². The summed E-state index contributed by atoms with van der Waals surface area (Å²) in [5, 5.41) is 4.43. The van der Waals surface area contributed by atoms with E-state index in [4.69, 9.17) is 11.6 Å². The molecule has 1 saturated heterocycles. The second kappa shape index (κ2) is 4.99. The van der Waals surface area contributed by atoms with Gasteiger partial charge in [0.2, 0.25) is 0 Å². The summed E-state index contributed by atoms with van der Waals surface area (Å²) in [5.41, 5.74) is 2.72. The zero-order valence-corrected chi connectivity index (χ0v) is 12.6. The SMILES string of the molecule is CC1(C)CCCN1c1ccc(CNC2CC2)cc1Cl. The lowest BCUT2D eigenvalue weighted by atomic mass is 10.0. The van der Waals surface area contributed by atoms with Gasteiger partial charge in [-0.15, -0.1) is 0 Å². The molecular formula is C16H23ClN2. The summed E-state index contributed by atoms with van der Waals surface area (Å²) in [6.45, 7) is 6.66. The quantitative estimate of drug-likeness (QED) is 0.896. The number of hydrogen-bond acceptors (Lipinski definition) is 2. The van der Waals surface area contributed by atoms with Crippen molar-refractivity contribution in [2.75, 3.05) is 11.4 Å². The van der Waals surface area contributed by atoms with Gasteiger partial charge in [-0.2, -0.15) is 0 Å². The molecule has 19 heavy (non-hydrogen) atoms. The molecule has 2 nitrogen and oxygen atoms in total. The second-order valence-corrected chi connectivity index (χ2v) is 6.92. The molecule has 0 atom stereocenters. The van der Waals surface area contributed by atoms with Gasteiger partial charge in [0, 0.05) is 24.7 Å². The Morgan fingerprint density at radius 1 is 1.37 bits per heavy atom. The summed E-state index contributed by atoms with van der Waals surface area (Å²) in [6, 6.07) is 7.28. The molecule has 1 aromatic carbocycles. The summed E-state index contributed by atoms with van der Waals surface area (Å²) in [5.74, 6) is 0. The average Bonchev–Trinajstić information content (AvgIpc) is 3.11. The van der Waals surface area contributed by atoms with Crippen LogP contribution in [0.4, 0.5) is 5.69 Å². The van der Waals surface area contributed by atoms with E-state index in [1.165, 1.54) is 36.9 Å². The Kier molecular flexibility index (Phi) is 3.48. The van der Waals surface area contributed by atoms with Gasteiger partial charge in [-0.1, -0.05) is 17.7 Å². The van der Waals surface area contributed by atoms with Crippen molar-refractivity contribution < 1.29 is 0 Å². The molecule has 0 spiro atoms. The molecule has 3 heteroatoms. The van der Waals surface area contributed by atoms with E-state index in [1.54, 1.807) is 0 Å². The molecule has 1 saturated carbocycles. The van der Waals surface area contributed by atoms with Gasteiger partial charge < -0.3 is 10.2 Å². The van der Waals surface area contributed by atoms with Crippen LogP contribution in [0.5, 0.6) is 0 Å². The van der Waals surface area contributed by atoms with Crippen LogP contribution in [-0.4, -0.2) is 18.1 Å². The highest BCUT2D eigenvalue weighted by Crippen LogP contribution is 2.37. The maximum absolute atomic E-state index is 6.50. The van der Waals surface area contributed by atoms with Crippen LogP contribution in [0.3, 0.4) is 0 Å². The molecule has 0 bridgehead atoms. The van der Waals surface area contributed by atoms with Crippen LogP contribution in [0.1, 0.15) is 45.1 Å². The topological polar surface area (TPSA) is 15.3 Å². The number of hydrogen-bond donors (Lipinski definition) is 1. The predicted molar refractivity (Wildman–Crippen MR) is 82.0 cm³/mol. The van der Waals surface area contributed by atoms with E-state index in [9.17, 15) is 0 Å². The van der Waals surface area contributed by atoms with E-state index in [1.807, 2.05) is 0 Å². The number of nitrogens with one attached hydrogen (secondary N) is 1. The highest BCUT2D eigenvalue weighted by atomic mass is 35.5.